The molecule has 1 aromatic heterocycles. The van der Waals surface area contributed by atoms with E-state index in [0.29, 0.717) is 29.6 Å². The average Bonchev–Trinajstić information content (AvgIpc) is 3.21. The molecule has 0 spiro atoms. The molecule has 0 radical (unpaired) electrons. The van der Waals surface area contributed by atoms with Crippen LogP contribution in [0.5, 0.6) is 0 Å². The number of amides is 1. The van der Waals surface area contributed by atoms with Crippen molar-refractivity contribution in [3.8, 4) is 0 Å². The second kappa shape index (κ2) is 7.59. The van der Waals surface area contributed by atoms with Crippen LogP contribution in [0.2, 0.25) is 0 Å². The Morgan fingerprint density at radius 1 is 1.26 bits per heavy atom. The molecule has 2 aromatic rings. The summed E-state index contributed by atoms with van der Waals surface area (Å²) in [6.45, 7) is 1.75. The Hall–Kier alpha value is -1.89. The lowest BCUT2D eigenvalue weighted by atomic mass is 10.1. The maximum absolute atomic E-state index is 12.9. The number of benzene rings is 1. The van der Waals surface area contributed by atoms with Crippen LogP contribution in [-0.4, -0.2) is 39.8 Å². The fraction of sp³-hybridized carbons (Fsp3) is 0.438. The standard InChI is InChI=1S/C16H18FN3O2S/c17-13-5-3-12(4-6-13)9-14-18-15(22-19-14)10-23-11-16(21)20-7-1-2-8-20/h3-6H,1-2,7-11H2. The molecule has 5 nitrogen and oxygen atoms in total. The second-order valence-corrected chi connectivity index (χ2v) is 6.47. The number of halogens is 1. The summed E-state index contributed by atoms with van der Waals surface area (Å²) in [4.78, 5) is 18.1. The number of rotatable bonds is 6. The Morgan fingerprint density at radius 2 is 2.00 bits per heavy atom. The lowest BCUT2D eigenvalue weighted by Crippen LogP contribution is -2.29. The topological polar surface area (TPSA) is 59.2 Å². The summed E-state index contributed by atoms with van der Waals surface area (Å²) in [7, 11) is 0. The van der Waals surface area contributed by atoms with Crippen molar-refractivity contribution in [2.75, 3.05) is 18.8 Å². The molecule has 7 heteroatoms. The van der Waals surface area contributed by atoms with Crippen LogP contribution in [0.1, 0.15) is 30.1 Å². The molecule has 0 aliphatic carbocycles. The molecule has 1 fully saturated rings. The highest BCUT2D eigenvalue weighted by Crippen LogP contribution is 2.15. The Labute approximate surface area is 138 Å². The molecule has 1 saturated heterocycles. The van der Waals surface area contributed by atoms with E-state index in [1.54, 1.807) is 12.1 Å². The van der Waals surface area contributed by atoms with Gasteiger partial charge in [0, 0.05) is 19.5 Å². The Morgan fingerprint density at radius 3 is 2.74 bits per heavy atom. The smallest absolute Gasteiger partial charge is 0.236 e. The number of aromatic nitrogens is 2. The van der Waals surface area contributed by atoms with E-state index in [0.717, 1.165) is 31.5 Å². The number of hydrogen-bond donors (Lipinski definition) is 0. The van der Waals surface area contributed by atoms with Crippen LogP contribution in [-0.2, 0) is 17.0 Å². The molecule has 3 rings (SSSR count). The normalized spacial score (nSPS) is 14.4. The van der Waals surface area contributed by atoms with Gasteiger partial charge in [-0.05, 0) is 30.5 Å². The lowest BCUT2D eigenvalue weighted by Gasteiger charge is -2.14. The first-order chi connectivity index (χ1) is 11.2. The molecule has 23 heavy (non-hydrogen) atoms. The maximum atomic E-state index is 12.9. The summed E-state index contributed by atoms with van der Waals surface area (Å²) < 4.78 is 18.0. The average molecular weight is 335 g/mol. The van der Waals surface area contributed by atoms with E-state index in [-0.39, 0.29) is 11.7 Å². The van der Waals surface area contributed by atoms with Gasteiger partial charge in [0.15, 0.2) is 5.82 Å². The predicted molar refractivity (Wildman–Crippen MR) is 85.5 cm³/mol. The van der Waals surface area contributed by atoms with Crippen LogP contribution >= 0.6 is 11.8 Å². The van der Waals surface area contributed by atoms with E-state index < -0.39 is 0 Å². The number of likely N-dealkylation sites (tertiary alicyclic amines) is 1. The first kappa shape index (κ1) is 16.0. The van der Waals surface area contributed by atoms with Crippen molar-refractivity contribution in [2.24, 2.45) is 0 Å². The zero-order valence-electron chi connectivity index (χ0n) is 12.7. The predicted octanol–water partition coefficient (Wildman–Crippen LogP) is 2.66. The monoisotopic (exact) mass is 335 g/mol. The Kier molecular flexibility index (Phi) is 5.27. The van der Waals surface area contributed by atoms with Crippen molar-refractivity contribution in [1.82, 2.24) is 15.0 Å². The van der Waals surface area contributed by atoms with Gasteiger partial charge in [-0.3, -0.25) is 4.79 Å². The zero-order chi connectivity index (χ0) is 16.1. The molecule has 1 aliphatic heterocycles. The number of carbonyl (C=O) groups excluding carboxylic acids is 1. The quantitative estimate of drug-likeness (QED) is 0.812. The van der Waals surface area contributed by atoms with E-state index in [4.69, 9.17) is 4.52 Å². The molecule has 0 bridgehead atoms. The highest BCUT2D eigenvalue weighted by Gasteiger charge is 2.18. The maximum Gasteiger partial charge on any atom is 0.236 e. The van der Waals surface area contributed by atoms with Gasteiger partial charge >= 0.3 is 0 Å². The van der Waals surface area contributed by atoms with Crippen LogP contribution in [0.15, 0.2) is 28.8 Å². The lowest BCUT2D eigenvalue weighted by molar-refractivity contribution is -0.127. The zero-order valence-corrected chi connectivity index (χ0v) is 13.5. The summed E-state index contributed by atoms with van der Waals surface area (Å²) in [5.41, 5.74) is 0.926. The minimum atomic E-state index is -0.262. The SMILES string of the molecule is O=C(CSCc1nc(Cc2ccc(F)cc2)no1)N1CCCC1. The molecule has 0 atom stereocenters. The summed E-state index contributed by atoms with van der Waals surface area (Å²) >= 11 is 1.49. The van der Waals surface area contributed by atoms with Gasteiger partial charge in [0.25, 0.3) is 0 Å². The highest BCUT2D eigenvalue weighted by molar-refractivity contribution is 7.99. The third-order valence-corrected chi connectivity index (χ3v) is 4.60. The number of nitrogens with zero attached hydrogens (tertiary/aromatic N) is 3. The van der Waals surface area contributed by atoms with Crippen molar-refractivity contribution in [3.63, 3.8) is 0 Å². The van der Waals surface area contributed by atoms with Gasteiger partial charge in [0.1, 0.15) is 5.82 Å². The van der Waals surface area contributed by atoms with Crippen LogP contribution in [0.3, 0.4) is 0 Å². The van der Waals surface area contributed by atoms with E-state index >= 15 is 0 Å². The molecule has 0 unspecified atom stereocenters. The van der Waals surface area contributed by atoms with Gasteiger partial charge in [0.2, 0.25) is 11.8 Å². The molecular formula is C16H18FN3O2S. The van der Waals surface area contributed by atoms with Gasteiger partial charge in [-0.2, -0.15) is 4.98 Å². The van der Waals surface area contributed by atoms with Crippen LogP contribution in [0.25, 0.3) is 0 Å². The summed E-state index contributed by atoms with van der Waals surface area (Å²) in [5.74, 6) is 1.96. The van der Waals surface area contributed by atoms with Crippen molar-refractivity contribution >= 4 is 17.7 Å². The van der Waals surface area contributed by atoms with Gasteiger partial charge in [-0.15, -0.1) is 11.8 Å². The molecule has 122 valence electrons. The minimum Gasteiger partial charge on any atom is -0.342 e. The summed E-state index contributed by atoms with van der Waals surface area (Å²) in [6, 6.07) is 6.23. The van der Waals surface area contributed by atoms with E-state index in [9.17, 15) is 9.18 Å². The molecule has 1 aliphatic rings. The highest BCUT2D eigenvalue weighted by atomic mass is 32.2. The van der Waals surface area contributed by atoms with Gasteiger partial charge in [-0.25, -0.2) is 4.39 Å². The third kappa shape index (κ3) is 4.54. The van der Waals surface area contributed by atoms with Crippen molar-refractivity contribution in [3.05, 3.63) is 47.4 Å². The van der Waals surface area contributed by atoms with Crippen molar-refractivity contribution in [1.29, 1.82) is 0 Å². The first-order valence-corrected chi connectivity index (χ1v) is 8.77. The van der Waals surface area contributed by atoms with Gasteiger partial charge in [-0.1, -0.05) is 17.3 Å². The molecule has 0 N–H and O–H groups in total. The van der Waals surface area contributed by atoms with Crippen LogP contribution < -0.4 is 0 Å². The summed E-state index contributed by atoms with van der Waals surface area (Å²) in [5, 5.41) is 3.92. The van der Waals surface area contributed by atoms with Gasteiger partial charge in [0.05, 0.1) is 11.5 Å². The first-order valence-electron chi connectivity index (χ1n) is 7.62. The summed E-state index contributed by atoms with van der Waals surface area (Å²) in [6.07, 6.45) is 2.71. The fourth-order valence-corrected chi connectivity index (χ4v) is 3.24. The van der Waals surface area contributed by atoms with Crippen LogP contribution in [0, 0.1) is 5.82 Å². The van der Waals surface area contributed by atoms with Gasteiger partial charge < -0.3 is 9.42 Å². The molecule has 1 amide bonds. The minimum absolute atomic E-state index is 0.179. The van der Waals surface area contributed by atoms with Crippen molar-refractivity contribution < 1.29 is 13.7 Å². The largest absolute Gasteiger partial charge is 0.342 e. The molecule has 1 aromatic carbocycles. The Balaban J connectivity index is 1.45. The molecular weight excluding hydrogens is 317 g/mol. The third-order valence-electron chi connectivity index (χ3n) is 3.70. The Bertz CT molecular complexity index is 654. The number of hydrogen-bond acceptors (Lipinski definition) is 5. The number of carbonyl (C=O) groups is 1. The fourth-order valence-electron chi connectivity index (χ4n) is 2.49. The van der Waals surface area contributed by atoms with Crippen LogP contribution in [0.4, 0.5) is 4.39 Å². The molecule has 0 saturated carbocycles. The van der Waals surface area contributed by atoms with E-state index in [1.165, 1.54) is 23.9 Å². The second-order valence-electron chi connectivity index (χ2n) is 5.49. The van der Waals surface area contributed by atoms with Crippen molar-refractivity contribution in [2.45, 2.75) is 25.0 Å². The van der Waals surface area contributed by atoms with E-state index in [1.807, 2.05) is 4.90 Å². The molecule has 2 heterocycles. The van der Waals surface area contributed by atoms with E-state index in [2.05, 4.69) is 10.1 Å². The number of thioether (sulfide) groups is 1.